The Balaban J connectivity index is 1.20. The molecule has 1 amide bonds. The quantitative estimate of drug-likeness (QED) is 0.619. The van der Waals surface area contributed by atoms with E-state index in [0.717, 1.165) is 48.7 Å². The summed E-state index contributed by atoms with van der Waals surface area (Å²) in [5.74, 6) is 0.279. The van der Waals surface area contributed by atoms with Crippen molar-refractivity contribution in [1.82, 2.24) is 14.8 Å². The minimum Gasteiger partial charge on any atom is -0.338 e. The maximum Gasteiger partial charge on any atom is 0.416 e. The highest BCUT2D eigenvalue weighted by Crippen LogP contribution is 2.33. The molecule has 5 rings (SSSR count). The first kappa shape index (κ1) is 23.7. The maximum absolute atomic E-state index is 13.4. The highest BCUT2D eigenvalue weighted by molar-refractivity contribution is 6.15. The van der Waals surface area contributed by atoms with Crippen LogP contribution >= 0.6 is 0 Å². The van der Waals surface area contributed by atoms with E-state index >= 15 is 0 Å². The highest BCUT2D eigenvalue weighted by atomic mass is 19.4. The Hall–Kier alpha value is -3.00. The molecule has 3 aliphatic rings. The second-order valence-electron chi connectivity index (χ2n) is 9.65. The molecule has 1 aromatic carbocycles. The fourth-order valence-electron chi connectivity index (χ4n) is 5.49. The number of halogens is 3. The first-order chi connectivity index (χ1) is 16.9. The zero-order valence-electron chi connectivity index (χ0n) is 19.6. The van der Waals surface area contributed by atoms with E-state index < -0.39 is 11.7 Å². The summed E-state index contributed by atoms with van der Waals surface area (Å²) < 4.78 is 40.2. The number of piperidine rings is 1. The molecule has 0 unspecified atom stereocenters. The molecule has 1 saturated heterocycles. The van der Waals surface area contributed by atoms with Crippen molar-refractivity contribution in [3.05, 3.63) is 76.6 Å². The lowest BCUT2D eigenvalue weighted by molar-refractivity contribution is -0.138. The Morgan fingerprint density at radius 1 is 1.09 bits per heavy atom. The summed E-state index contributed by atoms with van der Waals surface area (Å²) in [6.45, 7) is 3.63. The van der Waals surface area contributed by atoms with Crippen LogP contribution in [-0.2, 0) is 17.5 Å². The summed E-state index contributed by atoms with van der Waals surface area (Å²) in [5.41, 5.74) is 4.19. The maximum atomic E-state index is 13.4. The predicted molar refractivity (Wildman–Crippen MR) is 128 cm³/mol. The van der Waals surface area contributed by atoms with Crippen LogP contribution in [0.3, 0.4) is 0 Å². The molecule has 35 heavy (non-hydrogen) atoms. The number of pyridine rings is 1. The van der Waals surface area contributed by atoms with Crippen LogP contribution < -0.4 is 0 Å². The second kappa shape index (κ2) is 9.93. The Morgan fingerprint density at radius 2 is 1.89 bits per heavy atom. The monoisotopic (exact) mass is 482 g/mol. The van der Waals surface area contributed by atoms with Crippen LogP contribution in [0, 0.1) is 5.92 Å². The number of benzene rings is 1. The fraction of sp³-hybridized carbons (Fsp3) is 0.444. The van der Waals surface area contributed by atoms with E-state index in [2.05, 4.69) is 9.88 Å². The molecule has 0 N–H and O–H groups in total. The zero-order valence-corrected chi connectivity index (χ0v) is 19.6. The van der Waals surface area contributed by atoms with E-state index in [1.165, 1.54) is 11.6 Å². The Morgan fingerprint density at radius 3 is 2.69 bits per heavy atom. The molecule has 1 atom stereocenters. The molecular weight excluding hydrogens is 453 g/mol. The lowest BCUT2D eigenvalue weighted by atomic mass is 9.92. The van der Waals surface area contributed by atoms with E-state index in [-0.39, 0.29) is 18.4 Å². The van der Waals surface area contributed by atoms with Gasteiger partial charge in [0.05, 0.1) is 17.8 Å². The molecule has 5 nitrogen and oxygen atoms in total. The summed E-state index contributed by atoms with van der Waals surface area (Å²) in [4.78, 5) is 26.0. The van der Waals surface area contributed by atoms with Crippen LogP contribution in [0.25, 0.3) is 0 Å². The van der Waals surface area contributed by atoms with Gasteiger partial charge in [-0.2, -0.15) is 13.2 Å². The number of nitrogens with zero attached hydrogens (tertiary/aromatic N) is 4. The van der Waals surface area contributed by atoms with Gasteiger partial charge in [-0.25, -0.2) is 0 Å². The largest absolute Gasteiger partial charge is 0.416 e. The number of hydrogen-bond acceptors (Lipinski definition) is 4. The summed E-state index contributed by atoms with van der Waals surface area (Å²) in [5, 5.41) is 0. The molecule has 3 aliphatic heterocycles. The van der Waals surface area contributed by atoms with Gasteiger partial charge >= 0.3 is 6.18 Å². The van der Waals surface area contributed by atoms with Crippen molar-refractivity contribution in [2.24, 2.45) is 10.9 Å². The normalized spacial score (nSPS) is 21.2. The van der Waals surface area contributed by atoms with Crippen molar-refractivity contribution in [1.29, 1.82) is 0 Å². The summed E-state index contributed by atoms with van der Waals surface area (Å²) in [6, 6.07) is 9.68. The molecule has 4 heterocycles. The van der Waals surface area contributed by atoms with Gasteiger partial charge in [0.2, 0.25) is 5.91 Å². The van der Waals surface area contributed by atoms with Crippen LogP contribution in [0.2, 0.25) is 0 Å². The second-order valence-corrected chi connectivity index (χ2v) is 9.65. The molecule has 0 bridgehead atoms. The molecule has 8 heteroatoms. The summed E-state index contributed by atoms with van der Waals surface area (Å²) in [6.07, 6.45) is 2.23. The molecular formula is C27H29F3N4O. The van der Waals surface area contributed by atoms with Crippen molar-refractivity contribution in [2.75, 3.05) is 32.7 Å². The topological polar surface area (TPSA) is 48.8 Å². The first-order valence-electron chi connectivity index (χ1n) is 12.2. The Labute approximate surface area is 203 Å². The fourth-order valence-corrected chi connectivity index (χ4v) is 5.49. The predicted octanol–water partition coefficient (Wildman–Crippen LogP) is 4.73. The van der Waals surface area contributed by atoms with E-state index in [4.69, 9.17) is 4.99 Å². The minimum atomic E-state index is -4.36. The zero-order chi connectivity index (χ0) is 24.4. The minimum absolute atomic E-state index is 0.125. The van der Waals surface area contributed by atoms with Crippen LogP contribution in [0.4, 0.5) is 13.2 Å². The standard InChI is InChI=1S/C27H29F3N4O/c28-27(29,30)24-6-2-1-5-22(24)17-33-12-3-4-19(16-33)14-25(35)34-13-9-21-15-32-26(23(21)18-34)20-7-10-31-11-8-20/h1-2,5-8,10-11,19H,3-4,9,12-18H2/t19-/m0/s1. The Kier molecular flexibility index (Phi) is 6.73. The van der Waals surface area contributed by atoms with Gasteiger partial charge in [0, 0.05) is 50.6 Å². The molecule has 1 fully saturated rings. The number of amides is 1. The molecule has 2 aromatic rings. The van der Waals surface area contributed by atoms with Gasteiger partial charge in [0.1, 0.15) is 0 Å². The lowest BCUT2D eigenvalue weighted by Gasteiger charge is -2.35. The van der Waals surface area contributed by atoms with Gasteiger partial charge in [-0.05, 0) is 66.6 Å². The number of carbonyl (C=O) groups excluding carboxylic acids is 1. The van der Waals surface area contributed by atoms with Gasteiger partial charge in [-0.15, -0.1) is 0 Å². The average Bonchev–Trinajstić information content (AvgIpc) is 3.28. The van der Waals surface area contributed by atoms with Crippen molar-refractivity contribution < 1.29 is 18.0 Å². The van der Waals surface area contributed by atoms with Gasteiger partial charge < -0.3 is 4.90 Å². The number of aromatic nitrogens is 1. The Bertz CT molecular complexity index is 1140. The average molecular weight is 483 g/mol. The number of aliphatic imine (C=N–C) groups is 1. The van der Waals surface area contributed by atoms with E-state index in [0.29, 0.717) is 38.2 Å². The van der Waals surface area contributed by atoms with Crippen molar-refractivity contribution in [3.63, 3.8) is 0 Å². The van der Waals surface area contributed by atoms with Gasteiger partial charge in [-0.1, -0.05) is 18.2 Å². The van der Waals surface area contributed by atoms with Crippen molar-refractivity contribution in [2.45, 2.75) is 38.4 Å². The molecule has 0 saturated carbocycles. The van der Waals surface area contributed by atoms with E-state index in [9.17, 15) is 18.0 Å². The van der Waals surface area contributed by atoms with Gasteiger partial charge in [-0.3, -0.25) is 19.7 Å². The summed E-state index contributed by atoms with van der Waals surface area (Å²) in [7, 11) is 0. The lowest BCUT2D eigenvalue weighted by Crippen LogP contribution is -2.41. The number of likely N-dealkylation sites (tertiary alicyclic amines) is 1. The number of alkyl halides is 3. The third kappa shape index (κ3) is 5.32. The third-order valence-electron chi connectivity index (χ3n) is 7.26. The SMILES string of the molecule is O=C(C[C@@H]1CCCN(Cc2ccccc2C(F)(F)F)C1)N1CCC2=C(C1)C(c1ccncc1)=NC2. The van der Waals surface area contributed by atoms with Crippen LogP contribution in [0.5, 0.6) is 0 Å². The molecule has 184 valence electrons. The number of rotatable bonds is 5. The van der Waals surface area contributed by atoms with E-state index in [1.807, 2.05) is 17.0 Å². The molecule has 0 spiro atoms. The number of hydrogen-bond donors (Lipinski definition) is 0. The summed E-state index contributed by atoms with van der Waals surface area (Å²) >= 11 is 0. The molecule has 1 aromatic heterocycles. The molecule has 0 aliphatic carbocycles. The van der Waals surface area contributed by atoms with Crippen molar-refractivity contribution >= 4 is 11.6 Å². The molecule has 0 radical (unpaired) electrons. The van der Waals surface area contributed by atoms with Crippen molar-refractivity contribution in [3.8, 4) is 0 Å². The smallest absolute Gasteiger partial charge is 0.338 e. The third-order valence-corrected chi connectivity index (χ3v) is 7.26. The highest BCUT2D eigenvalue weighted by Gasteiger charge is 2.34. The van der Waals surface area contributed by atoms with Crippen LogP contribution in [0.1, 0.15) is 42.4 Å². The van der Waals surface area contributed by atoms with Crippen LogP contribution in [-0.4, -0.2) is 59.1 Å². The van der Waals surface area contributed by atoms with Gasteiger partial charge in [0.25, 0.3) is 0 Å². The first-order valence-corrected chi connectivity index (χ1v) is 12.2. The van der Waals surface area contributed by atoms with Crippen LogP contribution in [0.15, 0.2) is 64.9 Å². The van der Waals surface area contributed by atoms with Gasteiger partial charge in [0.15, 0.2) is 0 Å². The number of carbonyl (C=O) groups is 1. The van der Waals surface area contributed by atoms with E-state index in [1.54, 1.807) is 24.5 Å².